The van der Waals surface area contributed by atoms with E-state index < -0.39 is 26.1 Å². The predicted molar refractivity (Wildman–Crippen MR) is 128 cm³/mol. The van der Waals surface area contributed by atoms with Crippen LogP contribution in [0.2, 0.25) is 0 Å². The fourth-order valence-corrected chi connectivity index (χ4v) is 5.94. The van der Waals surface area contributed by atoms with E-state index in [1.807, 2.05) is 5.38 Å². The Hall–Kier alpha value is -3.10. The molecule has 0 unspecified atom stereocenters. The number of thiazole rings is 1. The molecule has 168 valence electrons. The van der Waals surface area contributed by atoms with Crippen LogP contribution in [0.4, 0.5) is 0 Å². The highest BCUT2D eigenvalue weighted by atomic mass is 32.2. The van der Waals surface area contributed by atoms with Gasteiger partial charge in [-0.25, -0.2) is 13.4 Å². The Labute approximate surface area is 195 Å². The summed E-state index contributed by atoms with van der Waals surface area (Å²) in [6, 6.07) is 12.1. The Morgan fingerprint density at radius 3 is 2.70 bits per heavy atom. The van der Waals surface area contributed by atoms with Gasteiger partial charge in [0.15, 0.2) is 21.4 Å². The van der Waals surface area contributed by atoms with Crippen LogP contribution in [0.3, 0.4) is 0 Å². The van der Waals surface area contributed by atoms with Crippen LogP contribution < -0.4 is 4.74 Å². The van der Waals surface area contributed by atoms with Crippen molar-refractivity contribution in [3.05, 3.63) is 75.7 Å². The maximum absolute atomic E-state index is 13.0. The highest BCUT2D eigenvalue weighted by Gasteiger charge is 2.50. The summed E-state index contributed by atoms with van der Waals surface area (Å²) in [4.78, 5) is 30.1. The van der Waals surface area contributed by atoms with Crippen LogP contribution in [0.5, 0.6) is 5.75 Å². The molecule has 2 aromatic carbocycles. The van der Waals surface area contributed by atoms with Crippen LogP contribution in [-0.4, -0.2) is 42.1 Å². The molecule has 6 nitrogen and oxygen atoms in total. The number of ether oxygens (including phenoxy) is 1. The van der Waals surface area contributed by atoms with Crippen LogP contribution in [-0.2, 0) is 9.84 Å². The monoisotopic (exact) mass is 479 g/mol. The SMILES string of the molecule is CC1(S(=O)(=O)CC(=O)c2ccccc2-c2ccc3c(c2)OC/C(=C\c2cscn2)C3=O)CC1. The number of hydrogen-bond donors (Lipinski definition) is 0. The van der Waals surface area contributed by atoms with Crippen molar-refractivity contribution in [2.24, 2.45) is 0 Å². The number of Topliss-reactive ketones (excluding diaryl/α,β-unsaturated/α-hetero) is 2. The second kappa shape index (κ2) is 8.04. The van der Waals surface area contributed by atoms with E-state index in [2.05, 4.69) is 4.98 Å². The van der Waals surface area contributed by atoms with E-state index in [1.165, 1.54) is 11.3 Å². The molecule has 0 spiro atoms. The average Bonchev–Trinajstić information content (AvgIpc) is 3.36. The summed E-state index contributed by atoms with van der Waals surface area (Å²) in [5, 5.41) is 1.86. The second-order valence-electron chi connectivity index (χ2n) is 8.59. The molecule has 1 aromatic heterocycles. The van der Waals surface area contributed by atoms with Crippen LogP contribution in [0, 0.1) is 0 Å². The van der Waals surface area contributed by atoms with Crippen molar-refractivity contribution in [3.8, 4) is 16.9 Å². The summed E-state index contributed by atoms with van der Waals surface area (Å²) in [6.07, 6.45) is 2.92. The molecule has 8 heteroatoms. The number of nitrogens with zero attached hydrogens (tertiary/aromatic N) is 1. The molecule has 1 aliphatic heterocycles. The number of hydrogen-bond acceptors (Lipinski definition) is 7. The van der Waals surface area contributed by atoms with Crippen LogP contribution in [0.1, 0.15) is 46.2 Å². The van der Waals surface area contributed by atoms with Gasteiger partial charge in [-0.1, -0.05) is 30.3 Å². The molecule has 0 atom stereocenters. The standard InChI is InChI=1S/C25H21NO5S2/c1-25(8-9-25)33(29,30)14-22(27)20-5-3-2-4-19(20)16-6-7-21-23(11-16)31-12-17(24(21)28)10-18-13-32-15-26-18/h2-7,10-11,13,15H,8-9,12,14H2,1H3/b17-10+. The van der Waals surface area contributed by atoms with Gasteiger partial charge in [0.1, 0.15) is 18.1 Å². The molecule has 0 saturated heterocycles. The maximum Gasteiger partial charge on any atom is 0.196 e. The summed E-state index contributed by atoms with van der Waals surface area (Å²) in [5.41, 5.74) is 5.03. The maximum atomic E-state index is 13.0. The van der Waals surface area contributed by atoms with Gasteiger partial charge in [0.05, 0.1) is 21.5 Å². The number of rotatable bonds is 6. The lowest BCUT2D eigenvalue weighted by molar-refractivity contribution is 0.0997. The van der Waals surface area contributed by atoms with Crippen molar-refractivity contribution in [1.29, 1.82) is 0 Å². The third kappa shape index (κ3) is 4.05. The topological polar surface area (TPSA) is 90.4 Å². The number of sulfone groups is 1. The van der Waals surface area contributed by atoms with Crippen molar-refractivity contribution >= 4 is 38.8 Å². The normalized spacial score (nSPS) is 18.0. The molecule has 2 heterocycles. The lowest BCUT2D eigenvalue weighted by Crippen LogP contribution is -2.27. The smallest absolute Gasteiger partial charge is 0.196 e. The zero-order valence-corrected chi connectivity index (χ0v) is 19.5. The molecule has 3 aromatic rings. The van der Waals surface area contributed by atoms with E-state index in [9.17, 15) is 18.0 Å². The minimum atomic E-state index is -3.51. The molecule has 0 radical (unpaired) electrons. The first-order valence-electron chi connectivity index (χ1n) is 10.5. The first-order valence-corrected chi connectivity index (χ1v) is 13.1. The average molecular weight is 480 g/mol. The highest BCUT2D eigenvalue weighted by molar-refractivity contribution is 7.93. The number of fused-ring (bicyclic) bond motifs is 1. The van der Waals surface area contributed by atoms with Crippen LogP contribution in [0.25, 0.3) is 17.2 Å². The van der Waals surface area contributed by atoms with E-state index in [-0.39, 0.29) is 12.4 Å². The van der Waals surface area contributed by atoms with Crippen LogP contribution in [0.15, 0.2) is 58.9 Å². The first kappa shape index (κ1) is 21.7. The summed E-state index contributed by atoms with van der Waals surface area (Å²) >= 11 is 1.45. The molecule has 0 amide bonds. The third-order valence-electron chi connectivity index (χ3n) is 6.24. The third-order valence-corrected chi connectivity index (χ3v) is 9.40. The van der Waals surface area contributed by atoms with Gasteiger partial charge in [-0.05, 0) is 49.1 Å². The molecule has 5 rings (SSSR count). The van der Waals surface area contributed by atoms with Crippen molar-refractivity contribution in [2.45, 2.75) is 24.5 Å². The van der Waals surface area contributed by atoms with Gasteiger partial charge in [-0.3, -0.25) is 9.59 Å². The number of carbonyl (C=O) groups is 2. The van der Waals surface area contributed by atoms with Crippen molar-refractivity contribution in [1.82, 2.24) is 4.98 Å². The van der Waals surface area contributed by atoms with E-state index in [0.29, 0.717) is 46.4 Å². The van der Waals surface area contributed by atoms with Gasteiger partial charge in [-0.2, -0.15) is 0 Å². The van der Waals surface area contributed by atoms with E-state index in [4.69, 9.17) is 4.74 Å². The molecule has 2 aliphatic rings. The van der Waals surface area contributed by atoms with Gasteiger partial charge >= 0.3 is 0 Å². The van der Waals surface area contributed by atoms with Gasteiger partial charge < -0.3 is 4.74 Å². The summed E-state index contributed by atoms with van der Waals surface area (Å²) in [5.74, 6) is -0.621. The molecular formula is C25H21NO5S2. The number of aromatic nitrogens is 1. The molecule has 0 N–H and O–H groups in total. The summed E-state index contributed by atoms with van der Waals surface area (Å²) in [7, 11) is -3.51. The fraction of sp³-hybridized carbons (Fsp3) is 0.240. The molecule has 1 aliphatic carbocycles. The lowest BCUT2D eigenvalue weighted by atomic mass is 9.93. The quantitative estimate of drug-likeness (QED) is 0.379. The Morgan fingerprint density at radius 2 is 1.97 bits per heavy atom. The first-order chi connectivity index (χ1) is 15.8. The molecule has 33 heavy (non-hydrogen) atoms. The molecule has 1 fully saturated rings. The summed E-state index contributed by atoms with van der Waals surface area (Å²) in [6.45, 7) is 1.82. The van der Waals surface area contributed by atoms with E-state index in [0.717, 1.165) is 5.69 Å². The van der Waals surface area contributed by atoms with Crippen LogP contribution >= 0.6 is 11.3 Å². The van der Waals surface area contributed by atoms with E-state index >= 15 is 0 Å². The Bertz CT molecular complexity index is 1400. The summed E-state index contributed by atoms with van der Waals surface area (Å²) < 4.78 is 30.3. The van der Waals surface area contributed by atoms with Gasteiger partial charge in [0.2, 0.25) is 0 Å². The predicted octanol–water partition coefficient (Wildman–Crippen LogP) is 4.62. The van der Waals surface area contributed by atoms with Crippen molar-refractivity contribution < 1.29 is 22.7 Å². The minimum Gasteiger partial charge on any atom is -0.488 e. The van der Waals surface area contributed by atoms with Crippen molar-refractivity contribution in [3.63, 3.8) is 0 Å². The largest absolute Gasteiger partial charge is 0.488 e. The van der Waals surface area contributed by atoms with Gasteiger partial charge in [-0.15, -0.1) is 11.3 Å². The number of benzene rings is 2. The van der Waals surface area contributed by atoms with Crippen molar-refractivity contribution in [2.75, 3.05) is 12.4 Å². The number of ketones is 2. The zero-order valence-electron chi connectivity index (χ0n) is 17.9. The van der Waals surface area contributed by atoms with Gasteiger partial charge in [0, 0.05) is 16.5 Å². The Kier molecular flexibility index (Phi) is 5.29. The Balaban J connectivity index is 1.45. The molecule has 1 saturated carbocycles. The zero-order chi connectivity index (χ0) is 23.2. The minimum absolute atomic E-state index is 0.121. The molecule has 0 bridgehead atoms. The number of carbonyl (C=O) groups excluding carboxylic acids is 2. The van der Waals surface area contributed by atoms with Gasteiger partial charge in [0.25, 0.3) is 0 Å². The lowest BCUT2D eigenvalue weighted by Gasteiger charge is -2.20. The second-order valence-corrected chi connectivity index (χ2v) is 11.8. The molecular weight excluding hydrogens is 458 g/mol. The Morgan fingerprint density at radius 1 is 1.18 bits per heavy atom. The highest BCUT2D eigenvalue weighted by Crippen LogP contribution is 2.43. The fourth-order valence-electron chi connectivity index (χ4n) is 3.86. The van der Waals surface area contributed by atoms with E-state index in [1.54, 1.807) is 61.0 Å².